The monoisotopic (exact) mass is 276 g/mol. The smallest absolute Gasteiger partial charge is 0.270 e. The minimum atomic E-state index is -0.455. The van der Waals surface area contributed by atoms with E-state index in [4.69, 9.17) is 10.3 Å². The van der Waals surface area contributed by atoms with Gasteiger partial charge in [0.2, 0.25) is 11.7 Å². The van der Waals surface area contributed by atoms with Crippen molar-refractivity contribution in [2.24, 2.45) is 11.7 Å². The molecule has 0 spiro atoms. The van der Waals surface area contributed by atoms with Crippen LogP contribution in [0.15, 0.2) is 22.7 Å². The summed E-state index contributed by atoms with van der Waals surface area (Å²) in [5.74, 6) is 0.813. The van der Waals surface area contributed by atoms with E-state index in [1.165, 1.54) is 12.1 Å². The van der Waals surface area contributed by atoms with Crippen LogP contribution in [0.3, 0.4) is 0 Å². The van der Waals surface area contributed by atoms with E-state index in [1.807, 2.05) is 20.8 Å². The SMILES string of the molecule is Cc1ccc([N+](=O)[O-])cc1-c1noc([C@H](N)C(C)C)n1. The molecule has 0 saturated carbocycles. The third-order valence-electron chi connectivity index (χ3n) is 3.12. The topological polar surface area (TPSA) is 108 Å². The zero-order chi connectivity index (χ0) is 14.9. The lowest BCUT2D eigenvalue weighted by atomic mass is 10.1. The Balaban J connectivity index is 2.42. The van der Waals surface area contributed by atoms with Gasteiger partial charge >= 0.3 is 0 Å². The van der Waals surface area contributed by atoms with E-state index in [2.05, 4.69) is 10.1 Å². The molecule has 1 aromatic heterocycles. The van der Waals surface area contributed by atoms with Crippen LogP contribution in [0.1, 0.15) is 31.3 Å². The van der Waals surface area contributed by atoms with Crippen LogP contribution in [0.5, 0.6) is 0 Å². The van der Waals surface area contributed by atoms with Gasteiger partial charge in [-0.25, -0.2) is 0 Å². The number of nitro groups is 1. The molecule has 106 valence electrons. The van der Waals surface area contributed by atoms with Crippen molar-refractivity contribution in [3.05, 3.63) is 39.8 Å². The number of hydrogen-bond donors (Lipinski definition) is 1. The molecule has 2 aromatic rings. The molecule has 1 atom stereocenters. The van der Waals surface area contributed by atoms with Crippen LogP contribution in [0.2, 0.25) is 0 Å². The summed E-state index contributed by atoms with van der Waals surface area (Å²) in [6.07, 6.45) is 0. The summed E-state index contributed by atoms with van der Waals surface area (Å²) in [6, 6.07) is 4.19. The van der Waals surface area contributed by atoms with E-state index >= 15 is 0 Å². The van der Waals surface area contributed by atoms with Crippen LogP contribution in [0.25, 0.3) is 11.4 Å². The van der Waals surface area contributed by atoms with Crippen LogP contribution in [-0.4, -0.2) is 15.1 Å². The van der Waals surface area contributed by atoms with Crippen molar-refractivity contribution in [2.75, 3.05) is 0 Å². The maximum absolute atomic E-state index is 10.8. The van der Waals surface area contributed by atoms with Crippen LogP contribution in [0.4, 0.5) is 5.69 Å². The molecule has 0 unspecified atom stereocenters. The predicted octanol–water partition coefficient (Wildman–Crippen LogP) is 2.61. The van der Waals surface area contributed by atoms with Gasteiger partial charge in [0.1, 0.15) is 0 Å². The molecule has 20 heavy (non-hydrogen) atoms. The zero-order valence-corrected chi connectivity index (χ0v) is 11.5. The number of non-ortho nitro benzene ring substituents is 1. The van der Waals surface area contributed by atoms with E-state index in [1.54, 1.807) is 6.07 Å². The van der Waals surface area contributed by atoms with E-state index in [9.17, 15) is 10.1 Å². The molecule has 1 heterocycles. The number of nitro benzene ring substituents is 1. The molecule has 0 amide bonds. The maximum Gasteiger partial charge on any atom is 0.270 e. The van der Waals surface area contributed by atoms with Crippen molar-refractivity contribution in [1.29, 1.82) is 0 Å². The Bertz CT molecular complexity index is 636. The Labute approximate surface area is 115 Å². The molecular weight excluding hydrogens is 260 g/mol. The van der Waals surface area contributed by atoms with Crippen molar-refractivity contribution in [1.82, 2.24) is 10.1 Å². The van der Waals surface area contributed by atoms with Crippen molar-refractivity contribution < 1.29 is 9.45 Å². The van der Waals surface area contributed by atoms with Crippen LogP contribution in [-0.2, 0) is 0 Å². The van der Waals surface area contributed by atoms with Crippen molar-refractivity contribution in [3.8, 4) is 11.4 Å². The van der Waals surface area contributed by atoms with Crippen molar-refractivity contribution in [2.45, 2.75) is 26.8 Å². The first-order valence-electron chi connectivity index (χ1n) is 6.24. The average Bonchev–Trinajstić information content (AvgIpc) is 2.87. The minimum Gasteiger partial charge on any atom is -0.337 e. The molecule has 7 heteroatoms. The Hall–Kier alpha value is -2.28. The molecule has 0 bridgehead atoms. The lowest BCUT2D eigenvalue weighted by molar-refractivity contribution is -0.384. The third-order valence-corrected chi connectivity index (χ3v) is 3.12. The van der Waals surface area contributed by atoms with Crippen LogP contribution in [0, 0.1) is 23.0 Å². The van der Waals surface area contributed by atoms with Gasteiger partial charge in [0, 0.05) is 17.7 Å². The second-order valence-corrected chi connectivity index (χ2v) is 4.98. The molecule has 7 nitrogen and oxygen atoms in total. The van der Waals surface area contributed by atoms with Gasteiger partial charge in [0.15, 0.2) is 0 Å². The van der Waals surface area contributed by atoms with Crippen LogP contribution < -0.4 is 5.73 Å². The van der Waals surface area contributed by atoms with E-state index in [-0.39, 0.29) is 17.6 Å². The molecule has 2 N–H and O–H groups in total. The van der Waals surface area contributed by atoms with Gasteiger partial charge in [0.25, 0.3) is 5.69 Å². The van der Waals surface area contributed by atoms with Gasteiger partial charge in [-0.1, -0.05) is 25.1 Å². The fourth-order valence-corrected chi connectivity index (χ4v) is 1.73. The second-order valence-electron chi connectivity index (χ2n) is 4.98. The second kappa shape index (κ2) is 5.38. The normalized spacial score (nSPS) is 12.7. The number of nitrogens with two attached hydrogens (primary N) is 1. The maximum atomic E-state index is 10.8. The highest BCUT2D eigenvalue weighted by atomic mass is 16.6. The van der Waals surface area contributed by atoms with Gasteiger partial charge in [-0.15, -0.1) is 0 Å². The van der Waals surface area contributed by atoms with Gasteiger partial charge in [-0.05, 0) is 18.4 Å². The molecule has 0 aliphatic rings. The highest BCUT2D eigenvalue weighted by Gasteiger charge is 2.20. The Kier molecular flexibility index (Phi) is 3.80. The van der Waals surface area contributed by atoms with Gasteiger partial charge < -0.3 is 10.3 Å². The lowest BCUT2D eigenvalue weighted by Gasteiger charge is -2.09. The molecule has 0 aliphatic carbocycles. The summed E-state index contributed by atoms with van der Waals surface area (Å²) >= 11 is 0. The summed E-state index contributed by atoms with van der Waals surface area (Å²) in [5, 5.41) is 14.7. The summed E-state index contributed by atoms with van der Waals surface area (Å²) in [6.45, 7) is 5.73. The Morgan fingerprint density at radius 1 is 1.40 bits per heavy atom. The van der Waals surface area contributed by atoms with Gasteiger partial charge in [-0.3, -0.25) is 10.1 Å². The molecule has 0 saturated heterocycles. The fraction of sp³-hybridized carbons (Fsp3) is 0.385. The molecular formula is C13H16N4O3. The first-order valence-corrected chi connectivity index (χ1v) is 6.24. The standard InChI is InChI=1S/C13H16N4O3/c1-7(2)11(14)13-15-12(16-20-13)10-6-9(17(18)19)5-4-8(10)3/h4-7,11H,14H2,1-3H3/t11-/m1/s1. The highest BCUT2D eigenvalue weighted by Crippen LogP contribution is 2.27. The molecule has 1 aromatic carbocycles. The lowest BCUT2D eigenvalue weighted by Crippen LogP contribution is -2.16. The first kappa shape index (κ1) is 14.1. The quantitative estimate of drug-likeness (QED) is 0.679. The number of nitrogens with zero attached hydrogens (tertiary/aromatic N) is 3. The fourth-order valence-electron chi connectivity index (χ4n) is 1.73. The van der Waals surface area contributed by atoms with Crippen molar-refractivity contribution >= 4 is 5.69 Å². The Morgan fingerprint density at radius 3 is 2.70 bits per heavy atom. The zero-order valence-electron chi connectivity index (χ0n) is 11.5. The number of rotatable bonds is 4. The summed E-state index contributed by atoms with van der Waals surface area (Å²) in [4.78, 5) is 14.6. The number of aromatic nitrogens is 2. The third kappa shape index (κ3) is 2.67. The number of aryl methyl sites for hydroxylation is 1. The molecule has 0 radical (unpaired) electrons. The van der Waals surface area contributed by atoms with E-state index < -0.39 is 4.92 Å². The van der Waals surface area contributed by atoms with E-state index in [0.717, 1.165) is 5.56 Å². The molecule has 0 aliphatic heterocycles. The molecule has 0 fully saturated rings. The molecule has 2 rings (SSSR count). The largest absolute Gasteiger partial charge is 0.337 e. The Morgan fingerprint density at radius 2 is 2.10 bits per heavy atom. The first-order chi connectivity index (χ1) is 9.40. The minimum absolute atomic E-state index is 0.00916. The summed E-state index contributed by atoms with van der Waals surface area (Å²) < 4.78 is 5.14. The van der Waals surface area contributed by atoms with Gasteiger partial charge in [0.05, 0.1) is 11.0 Å². The predicted molar refractivity (Wildman–Crippen MR) is 72.9 cm³/mol. The number of benzene rings is 1. The summed E-state index contributed by atoms with van der Waals surface area (Å²) in [7, 11) is 0. The summed E-state index contributed by atoms with van der Waals surface area (Å²) in [5.41, 5.74) is 7.34. The average molecular weight is 276 g/mol. The van der Waals surface area contributed by atoms with Crippen LogP contribution >= 0.6 is 0 Å². The number of hydrogen-bond acceptors (Lipinski definition) is 6. The highest BCUT2D eigenvalue weighted by molar-refractivity contribution is 5.63. The van der Waals surface area contributed by atoms with E-state index in [0.29, 0.717) is 17.3 Å². The van der Waals surface area contributed by atoms with Gasteiger partial charge in [-0.2, -0.15) is 4.98 Å². The van der Waals surface area contributed by atoms with Crippen molar-refractivity contribution in [3.63, 3.8) is 0 Å².